The van der Waals surface area contributed by atoms with Crippen LogP contribution in [0.5, 0.6) is 0 Å². The maximum Gasteiger partial charge on any atom is 0.310 e. The summed E-state index contributed by atoms with van der Waals surface area (Å²) < 4.78 is 7.05. The molecular weight excluding hydrogens is 252 g/mol. The first-order valence-electron chi connectivity index (χ1n) is 7.13. The Labute approximate surface area is 119 Å². The molecule has 1 aromatic heterocycles. The summed E-state index contributed by atoms with van der Waals surface area (Å²) in [7, 11) is 1.44. The first-order chi connectivity index (χ1) is 9.60. The van der Waals surface area contributed by atoms with E-state index in [9.17, 15) is 4.79 Å². The SMILES string of the molecule is CCCc1nc2ccccc2n1C(C)C(C)C(=O)OC. The van der Waals surface area contributed by atoms with E-state index in [1.54, 1.807) is 0 Å². The van der Waals surface area contributed by atoms with Crippen LogP contribution in [0.4, 0.5) is 0 Å². The zero-order chi connectivity index (χ0) is 14.7. The molecule has 108 valence electrons. The van der Waals surface area contributed by atoms with Crippen molar-refractivity contribution in [2.75, 3.05) is 7.11 Å². The zero-order valence-electron chi connectivity index (χ0n) is 12.6. The van der Waals surface area contributed by atoms with Gasteiger partial charge in [-0.1, -0.05) is 19.1 Å². The number of carbonyl (C=O) groups excluding carboxylic acids is 1. The Hall–Kier alpha value is -1.84. The molecule has 1 heterocycles. The second kappa shape index (κ2) is 6.07. The Morgan fingerprint density at radius 3 is 2.70 bits per heavy atom. The molecule has 0 aliphatic carbocycles. The predicted molar refractivity (Wildman–Crippen MR) is 79.6 cm³/mol. The molecule has 0 bridgehead atoms. The van der Waals surface area contributed by atoms with Crippen molar-refractivity contribution in [1.29, 1.82) is 0 Å². The number of aromatic nitrogens is 2. The summed E-state index contributed by atoms with van der Waals surface area (Å²) in [5.74, 6) is 0.655. The molecule has 0 aliphatic rings. The number of para-hydroxylation sites is 2. The number of nitrogens with zero attached hydrogens (tertiary/aromatic N) is 2. The summed E-state index contributed by atoms with van der Waals surface area (Å²) >= 11 is 0. The zero-order valence-corrected chi connectivity index (χ0v) is 12.6. The largest absolute Gasteiger partial charge is 0.469 e. The van der Waals surface area contributed by atoms with Gasteiger partial charge in [0.15, 0.2) is 0 Å². The van der Waals surface area contributed by atoms with Gasteiger partial charge in [0.25, 0.3) is 0 Å². The molecule has 1 aromatic carbocycles. The second-order valence-corrected chi connectivity index (χ2v) is 5.19. The number of rotatable bonds is 5. The Morgan fingerprint density at radius 2 is 2.05 bits per heavy atom. The van der Waals surface area contributed by atoms with Crippen LogP contribution in [0, 0.1) is 5.92 Å². The van der Waals surface area contributed by atoms with E-state index in [-0.39, 0.29) is 17.9 Å². The molecule has 2 aromatic rings. The lowest BCUT2D eigenvalue weighted by Crippen LogP contribution is -2.24. The molecule has 0 fully saturated rings. The standard InChI is InChI=1S/C16H22N2O2/c1-5-8-15-17-13-9-6-7-10-14(13)18(15)12(3)11(2)16(19)20-4/h6-7,9-12H,5,8H2,1-4H3. The van der Waals surface area contributed by atoms with Gasteiger partial charge in [0.2, 0.25) is 0 Å². The van der Waals surface area contributed by atoms with Crippen molar-refractivity contribution in [2.45, 2.75) is 39.7 Å². The summed E-state index contributed by atoms with van der Waals surface area (Å²) in [6, 6.07) is 8.09. The van der Waals surface area contributed by atoms with Crippen LogP contribution in [-0.4, -0.2) is 22.6 Å². The van der Waals surface area contributed by atoms with Crippen LogP contribution >= 0.6 is 0 Å². The van der Waals surface area contributed by atoms with E-state index in [1.807, 2.05) is 25.1 Å². The third-order valence-electron chi connectivity index (χ3n) is 3.85. The number of aryl methyl sites for hydroxylation is 1. The number of ether oxygens (including phenoxy) is 1. The first-order valence-corrected chi connectivity index (χ1v) is 7.13. The van der Waals surface area contributed by atoms with Gasteiger partial charge in [0.1, 0.15) is 5.82 Å². The second-order valence-electron chi connectivity index (χ2n) is 5.19. The summed E-state index contributed by atoms with van der Waals surface area (Å²) in [6.07, 6.45) is 1.94. The maximum absolute atomic E-state index is 11.8. The number of benzene rings is 1. The Morgan fingerprint density at radius 1 is 1.35 bits per heavy atom. The minimum absolute atomic E-state index is 0.0244. The topological polar surface area (TPSA) is 44.1 Å². The Balaban J connectivity index is 2.50. The highest BCUT2D eigenvalue weighted by Gasteiger charge is 2.25. The van der Waals surface area contributed by atoms with Gasteiger partial charge in [-0.15, -0.1) is 0 Å². The van der Waals surface area contributed by atoms with E-state index in [2.05, 4.69) is 24.5 Å². The van der Waals surface area contributed by atoms with Crippen LogP contribution in [-0.2, 0) is 16.0 Å². The molecule has 2 unspecified atom stereocenters. The van der Waals surface area contributed by atoms with Crippen molar-refractivity contribution in [2.24, 2.45) is 5.92 Å². The van der Waals surface area contributed by atoms with Gasteiger partial charge < -0.3 is 9.30 Å². The van der Waals surface area contributed by atoms with Crippen LogP contribution in [0.3, 0.4) is 0 Å². The molecule has 2 rings (SSSR count). The third kappa shape index (κ3) is 2.55. The fraction of sp³-hybridized carbons (Fsp3) is 0.500. The molecule has 4 heteroatoms. The number of methoxy groups -OCH3 is 1. The van der Waals surface area contributed by atoms with E-state index >= 15 is 0 Å². The molecule has 0 radical (unpaired) electrons. The number of hydrogen-bond donors (Lipinski definition) is 0. The van der Waals surface area contributed by atoms with Crippen LogP contribution in [0.2, 0.25) is 0 Å². The van der Waals surface area contributed by atoms with E-state index < -0.39 is 0 Å². The van der Waals surface area contributed by atoms with E-state index in [0.29, 0.717) is 0 Å². The van der Waals surface area contributed by atoms with Crippen LogP contribution in [0.25, 0.3) is 11.0 Å². The summed E-state index contributed by atoms with van der Waals surface area (Å²) in [5.41, 5.74) is 2.07. The number of esters is 1. The van der Waals surface area contributed by atoms with E-state index in [4.69, 9.17) is 9.72 Å². The molecule has 2 atom stereocenters. The normalized spacial score (nSPS) is 14.2. The Kier molecular flexibility index (Phi) is 4.42. The van der Waals surface area contributed by atoms with Gasteiger partial charge in [0.05, 0.1) is 24.1 Å². The molecule has 20 heavy (non-hydrogen) atoms. The first kappa shape index (κ1) is 14.6. The number of fused-ring (bicyclic) bond motifs is 1. The lowest BCUT2D eigenvalue weighted by molar-refractivity contribution is -0.146. The highest BCUT2D eigenvalue weighted by molar-refractivity contribution is 5.77. The highest BCUT2D eigenvalue weighted by Crippen LogP contribution is 2.27. The summed E-state index contributed by atoms with van der Waals surface area (Å²) in [4.78, 5) is 16.5. The number of imidazole rings is 1. The van der Waals surface area contributed by atoms with Crippen molar-refractivity contribution in [3.63, 3.8) is 0 Å². The quantitative estimate of drug-likeness (QED) is 0.785. The maximum atomic E-state index is 11.8. The van der Waals surface area contributed by atoms with E-state index in [0.717, 1.165) is 29.7 Å². The van der Waals surface area contributed by atoms with Gasteiger partial charge in [-0.25, -0.2) is 4.98 Å². The van der Waals surface area contributed by atoms with Crippen molar-refractivity contribution in [1.82, 2.24) is 9.55 Å². The molecule has 0 spiro atoms. The van der Waals surface area contributed by atoms with Crippen molar-refractivity contribution in [3.05, 3.63) is 30.1 Å². The molecule has 0 saturated heterocycles. The lowest BCUT2D eigenvalue weighted by atomic mass is 10.0. The van der Waals surface area contributed by atoms with Crippen LogP contribution in [0.1, 0.15) is 39.1 Å². The van der Waals surface area contributed by atoms with Gasteiger partial charge in [-0.2, -0.15) is 0 Å². The minimum Gasteiger partial charge on any atom is -0.469 e. The van der Waals surface area contributed by atoms with Crippen molar-refractivity contribution in [3.8, 4) is 0 Å². The molecule has 0 saturated carbocycles. The van der Waals surface area contributed by atoms with Crippen molar-refractivity contribution >= 4 is 17.0 Å². The molecule has 0 aliphatic heterocycles. The van der Waals surface area contributed by atoms with Gasteiger partial charge in [-0.05, 0) is 32.4 Å². The smallest absolute Gasteiger partial charge is 0.310 e. The molecular formula is C16H22N2O2. The van der Waals surface area contributed by atoms with Crippen LogP contribution < -0.4 is 0 Å². The highest BCUT2D eigenvalue weighted by atomic mass is 16.5. The molecule has 0 N–H and O–H groups in total. The summed E-state index contributed by atoms with van der Waals surface area (Å²) in [5, 5.41) is 0. The monoisotopic (exact) mass is 274 g/mol. The Bertz CT molecular complexity index is 604. The minimum atomic E-state index is -0.201. The molecule has 0 amide bonds. The van der Waals surface area contributed by atoms with Gasteiger partial charge in [0, 0.05) is 12.5 Å². The van der Waals surface area contributed by atoms with Crippen LogP contribution in [0.15, 0.2) is 24.3 Å². The third-order valence-corrected chi connectivity index (χ3v) is 3.85. The lowest BCUT2D eigenvalue weighted by Gasteiger charge is -2.22. The number of carbonyl (C=O) groups is 1. The fourth-order valence-electron chi connectivity index (χ4n) is 2.56. The fourth-order valence-corrected chi connectivity index (χ4v) is 2.56. The number of hydrogen-bond acceptors (Lipinski definition) is 3. The van der Waals surface area contributed by atoms with E-state index in [1.165, 1.54) is 7.11 Å². The summed E-state index contributed by atoms with van der Waals surface area (Å²) in [6.45, 7) is 6.09. The molecule has 4 nitrogen and oxygen atoms in total. The predicted octanol–water partition coefficient (Wildman–Crippen LogP) is 3.36. The van der Waals surface area contributed by atoms with Gasteiger partial charge >= 0.3 is 5.97 Å². The van der Waals surface area contributed by atoms with Gasteiger partial charge in [-0.3, -0.25) is 4.79 Å². The van der Waals surface area contributed by atoms with Crippen molar-refractivity contribution < 1.29 is 9.53 Å². The average Bonchev–Trinajstić information content (AvgIpc) is 2.83. The average molecular weight is 274 g/mol.